The molecule has 2 aromatic carbocycles. The van der Waals surface area contributed by atoms with Gasteiger partial charge in [0.15, 0.2) is 0 Å². The molecule has 0 radical (unpaired) electrons. The van der Waals surface area contributed by atoms with Crippen molar-refractivity contribution in [3.05, 3.63) is 65.2 Å². The Kier molecular flexibility index (Phi) is 5.59. The van der Waals surface area contributed by atoms with Gasteiger partial charge in [0.05, 0.1) is 6.61 Å². The summed E-state index contributed by atoms with van der Waals surface area (Å²) in [5.74, 6) is 0.523. The van der Waals surface area contributed by atoms with Gasteiger partial charge in [-0.2, -0.15) is 0 Å². The Bertz CT molecular complexity index is 615. The topological polar surface area (TPSA) is 35.5 Å². The average Bonchev–Trinajstić information content (AvgIpc) is 2.52. The van der Waals surface area contributed by atoms with Gasteiger partial charge in [0.1, 0.15) is 17.9 Å². The number of hydrogen-bond acceptors (Lipinski definition) is 3. The monoisotopic (exact) mass is 298 g/mol. The lowest BCUT2D eigenvalue weighted by atomic mass is 10.1. The lowest BCUT2D eigenvalue weighted by Crippen LogP contribution is -2.11. The molecule has 3 heteroatoms. The third-order valence-electron chi connectivity index (χ3n) is 3.17. The summed E-state index contributed by atoms with van der Waals surface area (Å²) in [5.41, 5.74) is 2.74. The minimum atomic E-state index is -0.340. The summed E-state index contributed by atoms with van der Waals surface area (Å²) in [6.07, 6.45) is 0. The molecule has 0 unspecified atom stereocenters. The van der Waals surface area contributed by atoms with Crippen molar-refractivity contribution in [2.45, 2.75) is 27.4 Å². The number of carbonyl (C=O) groups is 1. The molecule has 0 bridgehead atoms. The Hall–Kier alpha value is -2.29. The Labute approximate surface area is 131 Å². The Morgan fingerprint density at radius 2 is 1.73 bits per heavy atom. The number of aryl methyl sites for hydroxylation is 1. The third kappa shape index (κ3) is 4.62. The van der Waals surface area contributed by atoms with Gasteiger partial charge in [0.25, 0.3) is 0 Å². The highest BCUT2D eigenvalue weighted by Crippen LogP contribution is 2.20. The van der Waals surface area contributed by atoms with Crippen LogP contribution in [0.5, 0.6) is 5.75 Å². The average molecular weight is 298 g/mol. The molecule has 0 aliphatic rings. The summed E-state index contributed by atoms with van der Waals surface area (Å²) < 4.78 is 11.1. The van der Waals surface area contributed by atoms with Gasteiger partial charge < -0.3 is 9.47 Å². The molecule has 0 aliphatic carbocycles. The molecule has 0 aliphatic heterocycles. The van der Waals surface area contributed by atoms with Crippen LogP contribution in [0.1, 0.15) is 35.3 Å². The standard InChI is InChI=1S/C19H22O3/c1-14(2)12-22-19(20)17-6-4-5-7-18(17)21-13-16-10-8-15(3)9-11-16/h4-11,14H,12-13H2,1-3H3. The summed E-state index contributed by atoms with van der Waals surface area (Å²) in [6.45, 7) is 6.89. The van der Waals surface area contributed by atoms with Gasteiger partial charge in [0, 0.05) is 0 Å². The van der Waals surface area contributed by atoms with Gasteiger partial charge in [-0.3, -0.25) is 0 Å². The van der Waals surface area contributed by atoms with Crippen LogP contribution in [-0.2, 0) is 11.3 Å². The quantitative estimate of drug-likeness (QED) is 0.742. The Morgan fingerprint density at radius 3 is 2.41 bits per heavy atom. The summed E-state index contributed by atoms with van der Waals surface area (Å²) in [7, 11) is 0. The summed E-state index contributed by atoms with van der Waals surface area (Å²) in [5, 5.41) is 0. The van der Waals surface area contributed by atoms with E-state index in [4.69, 9.17) is 9.47 Å². The van der Waals surface area contributed by atoms with Crippen LogP contribution in [0.15, 0.2) is 48.5 Å². The van der Waals surface area contributed by atoms with Crippen LogP contribution in [0.2, 0.25) is 0 Å². The number of hydrogen-bond donors (Lipinski definition) is 0. The second kappa shape index (κ2) is 7.64. The second-order valence-electron chi connectivity index (χ2n) is 5.76. The fraction of sp³-hybridized carbons (Fsp3) is 0.316. The minimum absolute atomic E-state index is 0.310. The van der Waals surface area contributed by atoms with Gasteiger partial charge in [-0.1, -0.05) is 55.8 Å². The normalized spacial score (nSPS) is 10.5. The third-order valence-corrected chi connectivity index (χ3v) is 3.17. The SMILES string of the molecule is Cc1ccc(COc2ccccc2C(=O)OCC(C)C)cc1. The van der Waals surface area contributed by atoms with Crippen molar-refractivity contribution < 1.29 is 14.3 Å². The zero-order valence-electron chi connectivity index (χ0n) is 13.3. The Balaban J connectivity index is 2.04. The molecular weight excluding hydrogens is 276 g/mol. The number of benzene rings is 2. The van der Waals surface area contributed by atoms with Crippen molar-refractivity contribution in [1.82, 2.24) is 0 Å². The van der Waals surface area contributed by atoms with E-state index in [1.54, 1.807) is 12.1 Å². The van der Waals surface area contributed by atoms with E-state index in [0.29, 0.717) is 30.4 Å². The van der Waals surface area contributed by atoms with Gasteiger partial charge >= 0.3 is 5.97 Å². The summed E-state index contributed by atoms with van der Waals surface area (Å²) in [4.78, 5) is 12.1. The summed E-state index contributed by atoms with van der Waals surface area (Å²) >= 11 is 0. The lowest BCUT2D eigenvalue weighted by Gasteiger charge is -2.12. The molecule has 116 valence electrons. The van der Waals surface area contributed by atoms with E-state index < -0.39 is 0 Å². The van der Waals surface area contributed by atoms with Gasteiger partial charge in [-0.25, -0.2) is 4.79 Å². The first-order chi connectivity index (χ1) is 10.6. The number of esters is 1. The number of rotatable bonds is 6. The van der Waals surface area contributed by atoms with E-state index in [0.717, 1.165) is 5.56 Å². The highest BCUT2D eigenvalue weighted by atomic mass is 16.5. The van der Waals surface area contributed by atoms with Crippen LogP contribution >= 0.6 is 0 Å². The number of ether oxygens (including phenoxy) is 2. The van der Waals surface area contributed by atoms with Crippen LogP contribution in [0.25, 0.3) is 0 Å². The van der Waals surface area contributed by atoms with Crippen LogP contribution in [0.4, 0.5) is 0 Å². The van der Waals surface area contributed by atoms with E-state index in [9.17, 15) is 4.79 Å². The van der Waals surface area contributed by atoms with Crippen LogP contribution in [-0.4, -0.2) is 12.6 Å². The molecule has 0 heterocycles. The van der Waals surface area contributed by atoms with E-state index in [1.165, 1.54) is 5.56 Å². The van der Waals surface area contributed by atoms with Crippen molar-refractivity contribution >= 4 is 5.97 Å². The molecule has 0 saturated heterocycles. The molecular formula is C19H22O3. The molecule has 0 saturated carbocycles. The Morgan fingerprint density at radius 1 is 1.05 bits per heavy atom. The molecule has 22 heavy (non-hydrogen) atoms. The second-order valence-corrected chi connectivity index (χ2v) is 5.76. The first-order valence-electron chi connectivity index (χ1n) is 7.50. The van der Waals surface area contributed by atoms with Crippen molar-refractivity contribution in [3.8, 4) is 5.75 Å². The maximum atomic E-state index is 12.1. The zero-order valence-corrected chi connectivity index (χ0v) is 13.3. The van der Waals surface area contributed by atoms with E-state index in [1.807, 2.05) is 57.2 Å². The maximum absolute atomic E-state index is 12.1. The van der Waals surface area contributed by atoms with E-state index >= 15 is 0 Å². The van der Waals surface area contributed by atoms with Gasteiger partial charge in [-0.15, -0.1) is 0 Å². The van der Waals surface area contributed by atoms with E-state index in [-0.39, 0.29) is 5.97 Å². The first kappa shape index (κ1) is 16.1. The van der Waals surface area contributed by atoms with Crippen LogP contribution in [0, 0.1) is 12.8 Å². The minimum Gasteiger partial charge on any atom is -0.488 e. The molecule has 0 atom stereocenters. The summed E-state index contributed by atoms with van der Waals surface area (Å²) in [6, 6.07) is 15.3. The predicted molar refractivity (Wildman–Crippen MR) is 87.1 cm³/mol. The van der Waals surface area contributed by atoms with E-state index in [2.05, 4.69) is 0 Å². The van der Waals surface area contributed by atoms with Crippen molar-refractivity contribution in [3.63, 3.8) is 0 Å². The molecule has 0 aromatic heterocycles. The molecule has 0 N–H and O–H groups in total. The molecule has 0 amide bonds. The number of carbonyl (C=O) groups excluding carboxylic acids is 1. The van der Waals surface area contributed by atoms with Crippen LogP contribution < -0.4 is 4.74 Å². The largest absolute Gasteiger partial charge is 0.488 e. The predicted octanol–water partition coefficient (Wildman–Crippen LogP) is 4.39. The lowest BCUT2D eigenvalue weighted by molar-refractivity contribution is 0.0454. The van der Waals surface area contributed by atoms with Gasteiger partial charge in [-0.05, 0) is 30.5 Å². The molecule has 0 fully saturated rings. The fourth-order valence-corrected chi connectivity index (χ4v) is 1.93. The highest BCUT2D eigenvalue weighted by Gasteiger charge is 2.14. The molecule has 2 aromatic rings. The fourth-order valence-electron chi connectivity index (χ4n) is 1.93. The van der Waals surface area contributed by atoms with Crippen molar-refractivity contribution in [2.24, 2.45) is 5.92 Å². The highest BCUT2D eigenvalue weighted by molar-refractivity contribution is 5.92. The molecule has 3 nitrogen and oxygen atoms in total. The zero-order chi connectivity index (χ0) is 15.9. The van der Waals surface area contributed by atoms with Crippen molar-refractivity contribution in [2.75, 3.05) is 6.61 Å². The number of para-hydroxylation sites is 1. The van der Waals surface area contributed by atoms with Gasteiger partial charge in [0.2, 0.25) is 0 Å². The van der Waals surface area contributed by atoms with Crippen molar-refractivity contribution in [1.29, 1.82) is 0 Å². The molecule has 0 spiro atoms. The molecule has 2 rings (SSSR count). The van der Waals surface area contributed by atoms with Crippen LogP contribution in [0.3, 0.4) is 0 Å². The smallest absolute Gasteiger partial charge is 0.341 e. The first-order valence-corrected chi connectivity index (χ1v) is 7.50. The maximum Gasteiger partial charge on any atom is 0.341 e.